The van der Waals surface area contributed by atoms with Gasteiger partial charge in [-0.05, 0) is 75.8 Å². The maximum absolute atomic E-state index is 6.52. The van der Waals surface area contributed by atoms with E-state index in [4.69, 9.17) is 16.6 Å². The van der Waals surface area contributed by atoms with Gasteiger partial charge in [-0.2, -0.15) is 0 Å². The molecule has 4 nitrogen and oxygen atoms in total. The summed E-state index contributed by atoms with van der Waals surface area (Å²) in [5.74, 6) is 1.52. The zero-order chi connectivity index (χ0) is 21.5. The molecule has 2 heterocycles. The molecule has 2 aromatic heterocycles. The van der Waals surface area contributed by atoms with Crippen molar-refractivity contribution in [1.82, 2.24) is 15.3 Å². The number of nitrogens with zero attached hydrogens (tertiary/aromatic N) is 2. The Morgan fingerprint density at radius 1 is 1.06 bits per heavy atom. The highest BCUT2D eigenvalue weighted by atomic mass is 35.5. The summed E-state index contributed by atoms with van der Waals surface area (Å²) < 4.78 is 0. The molecule has 31 heavy (non-hydrogen) atoms. The Hall–Kier alpha value is -1.17. The molecule has 0 radical (unpaired) electrons. The average Bonchev–Trinajstić information content (AvgIpc) is 3.28. The fraction of sp³-hybridized carbons (Fsp3) is 0.680. The van der Waals surface area contributed by atoms with Crippen LogP contribution in [0.15, 0.2) is 17.6 Å². The van der Waals surface area contributed by atoms with Gasteiger partial charge < -0.3 is 10.6 Å². The SMILES string of the molecule is CCCNC1CCC(Cc2cc(-c3csc(NCC4CCCCC4)n3)c(Cl)cn2)CC1. The van der Waals surface area contributed by atoms with Crippen molar-refractivity contribution in [3.63, 3.8) is 0 Å². The average molecular weight is 461 g/mol. The van der Waals surface area contributed by atoms with E-state index >= 15 is 0 Å². The zero-order valence-corrected chi connectivity index (χ0v) is 20.4. The molecular formula is C25H37ClN4S. The van der Waals surface area contributed by atoms with Gasteiger partial charge in [-0.25, -0.2) is 4.98 Å². The van der Waals surface area contributed by atoms with Crippen LogP contribution in [0.1, 0.15) is 76.8 Å². The minimum Gasteiger partial charge on any atom is -0.361 e. The van der Waals surface area contributed by atoms with Crippen molar-refractivity contribution < 1.29 is 0 Å². The Morgan fingerprint density at radius 2 is 1.87 bits per heavy atom. The van der Waals surface area contributed by atoms with Crippen LogP contribution in [0.3, 0.4) is 0 Å². The second kappa shape index (κ2) is 11.6. The highest BCUT2D eigenvalue weighted by Gasteiger charge is 2.22. The second-order valence-electron chi connectivity index (χ2n) is 9.45. The van der Waals surface area contributed by atoms with Crippen LogP contribution < -0.4 is 10.6 Å². The normalized spacial score (nSPS) is 22.5. The quantitative estimate of drug-likeness (QED) is 0.425. The first-order valence-corrected chi connectivity index (χ1v) is 13.5. The number of anilines is 1. The topological polar surface area (TPSA) is 49.8 Å². The van der Waals surface area contributed by atoms with Crippen LogP contribution in [0.2, 0.25) is 5.02 Å². The van der Waals surface area contributed by atoms with E-state index < -0.39 is 0 Å². The second-order valence-corrected chi connectivity index (χ2v) is 10.7. The van der Waals surface area contributed by atoms with Crippen LogP contribution in [0.25, 0.3) is 11.3 Å². The van der Waals surface area contributed by atoms with Gasteiger partial charge in [0, 0.05) is 35.4 Å². The molecule has 0 amide bonds. The van der Waals surface area contributed by atoms with Crippen LogP contribution in [0.5, 0.6) is 0 Å². The molecule has 4 rings (SSSR count). The molecule has 0 atom stereocenters. The first kappa shape index (κ1) is 23.0. The van der Waals surface area contributed by atoms with Gasteiger partial charge in [0.1, 0.15) is 0 Å². The Kier molecular flexibility index (Phi) is 8.63. The van der Waals surface area contributed by atoms with Gasteiger partial charge in [-0.3, -0.25) is 4.98 Å². The first-order valence-electron chi connectivity index (χ1n) is 12.3. The van der Waals surface area contributed by atoms with Crippen molar-refractivity contribution in [3.05, 3.63) is 28.4 Å². The van der Waals surface area contributed by atoms with Gasteiger partial charge >= 0.3 is 0 Å². The summed E-state index contributed by atoms with van der Waals surface area (Å²) in [6.07, 6.45) is 16.1. The fourth-order valence-corrected chi connectivity index (χ4v) is 6.03. The van der Waals surface area contributed by atoms with Crippen molar-refractivity contribution in [2.45, 2.75) is 83.6 Å². The minimum absolute atomic E-state index is 0.695. The van der Waals surface area contributed by atoms with E-state index in [9.17, 15) is 0 Å². The Balaban J connectivity index is 1.33. The zero-order valence-electron chi connectivity index (χ0n) is 18.8. The Bertz CT molecular complexity index is 810. The third-order valence-electron chi connectivity index (χ3n) is 6.99. The lowest BCUT2D eigenvalue weighted by Gasteiger charge is -2.29. The number of pyridine rings is 1. The molecule has 2 fully saturated rings. The molecule has 2 N–H and O–H groups in total. The number of thiazole rings is 1. The first-order chi connectivity index (χ1) is 15.2. The molecule has 0 aromatic carbocycles. The third kappa shape index (κ3) is 6.66. The lowest BCUT2D eigenvalue weighted by Crippen LogP contribution is -2.34. The smallest absolute Gasteiger partial charge is 0.183 e. The summed E-state index contributed by atoms with van der Waals surface area (Å²) in [7, 11) is 0. The van der Waals surface area contributed by atoms with Crippen LogP contribution in [-0.4, -0.2) is 29.1 Å². The molecule has 2 aromatic rings. The largest absolute Gasteiger partial charge is 0.361 e. The van der Waals surface area contributed by atoms with Crippen LogP contribution in [0.4, 0.5) is 5.13 Å². The summed E-state index contributed by atoms with van der Waals surface area (Å²) in [6.45, 7) is 4.42. The van der Waals surface area contributed by atoms with E-state index in [1.165, 1.54) is 64.2 Å². The summed E-state index contributed by atoms with van der Waals surface area (Å²) >= 11 is 8.20. The van der Waals surface area contributed by atoms with Crippen molar-refractivity contribution >= 4 is 28.1 Å². The molecule has 170 valence electrons. The van der Waals surface area contributed by atoms with E-state index in [2.05, 4.69) is 34.0 Å². The Morgan fingerprint density at radius 3 is 2.65 bits per heavy atom. The van der Waals surface area contributed by atoms with Crippen molar-refractivity contribution in [2.24, 2.45) is 11.8 Å². The number of aromatic nitrogens is 2. The third-order valence-corrected chi connectivity index (χ3v) is 8.09. The number of hydrogen-bond donors (Lipinski definition) is 2. The van der Waals surface area contributed by atoms with Gasteiger partial charge in [0.15, 0.2) is 5.13 Å². The van der Waals surface area contributed by atoms with Gasteiger partial charge in [0.25, 0.3) is 0 Å². The summed E-state index contributed by atoms with van der Waals surface area (Å²) in [6, 6.07) is 2.88. The van der Waals surface area contributed by atoms with Gasteiger partial charge in [-0.15, -0.1) is 11.3 Å². The van der Waals surface area contributed by atoms with Gasteiger partial charge in [0.05, 0.1) is 10.7 Å². The van der Waals surface area contributed by atoms with Crippen LogP contribution >= 0.6 is 22.9 Å². The lowest BCUT2D eigenvalue weighted by molar-refractivity contribution is 0.290. The van der Waals surface area contributed by atoms with E-state index in [-0.39, 0.29) is 0 Å². The molecule has 0 spiro atoms. The maximum atomic E-state index is 6.52. The number of halogens is 1. The summed E-state index contributed by atoms with van der Waals surface area (Å²) in [4.78, 5) is 9.48. The van der Waals surface area contributed by atoms with E-state index in [0.29, 0.717) is 11.1 Å². The predicted molar refractivity (Wildman–Crippen MR) is 133 cm³/mol. The van der Waals surface area contributed by atoms with Gasteiger partial charge in [0.2, 0.25) is 0 Å². The number of nitrogens with one attached hydrogen (secondary N) is 2. The summed E-state index contributed by atoms with van der Waals surface area (Å²) in [5, 5.41) is 11.1. The Labute approximate surface area is 196 Å². The van der Waals surface area contributed by atoms with Crippen molar-refractivity contribution in [1.29, 1.82) is 0 Å². The molecule has 0 aliphatic heterocycles. The van der Waals surface area contributed by atoms with Gasteiger partial charge in [-0.1, -0.05) is 37.8 Å². The summed E-state index contributed by atoms with van der Waals surface area (Å²) in [5.41, 5.74) is 3.14. The lowest BCUT2D eigenvalue weighted by atomic mass is 9.83. The van der Waals surface area contributed by atoms with Crippen LogP contribution in [0, 0.1) is 11.8 Å². The molecule has 2 saturated carbocycles. The van der Waals surface area contributed by atoms with E-state index in [1.807, 2.05) is 6.20 Å². The molecular weight excluding hydrogens is 424 g/mol. The minimum atomic E-state index is 0.695. The number of rotatable bonds is 9. The highest BCUT2D eigenvalue weighted by molar-refractivity contribution is 7.14. The number of hydrogen-bond acceptors (Lipinski definition) is 5. The van der Waals surface area contributed by atoms with Crippen molar-refractivity contribution in [3.8, 4) is 11.3 Å². The molecule has 6 heteroatoms. The maximum Gasteiger partial charge on any atom is 0.183 e. The monoisotopic (exact) mass is 460 g/mol. The fourth-order valence-electron chi connectivity index (χ4n) is 5.11. The van der Waals surface area contributed by atoms with Crippen molar-refractivity contribution in [2.75, 3.05) is 18.4 Å². The standard InChI is InChI=1S/C25H37ClN4S/c1-2-12-27-20-10-8-18(9-11-20)13-21-14-22(23(26)16-28-21)24-17-31-25(30-24)29-15-19-6-4-3-5-7-19/h14,16-20,27H,2-13,15H2,1H3,(H,29,30). The molecule has 2 aliphatic rings. The molecule has 0 unspecified atom stereocenters. The molecule has 0 saturated heterocycles. The molecule has 0 bridgehead atoms. The van der Waals surface area contributed by atoms with Crippen LogP contribution in [-0.2, 0) is 6.42 Å². The van der Waals surface area contributed by atoms with E-state index in [0.717, 1.165) is 53.4 Å². The predicted octanol–water partition coefficient (Wildman–Crippen LogP) is 6.95. The molecule has 2 aliphatic carbocycles. The van der Waals surface area contributed by atoms with E-state index in [1.54, 1.807) is 11.3 Å². The highest BCUT2D eigenvalue weighted by Crippen LogP contribution is 2.33.